The van der Waals surface area contributed by atoms with Crippen LogP contribution < -0.4 is 0 Å². The molecule has 6 nitrogen and oxygen atoms in total. The summed E-state index contributed by atoms with van der Waals surface area (Å²) in [5.41, 5.74) is 3.27. The van der Waals surface area contributed by atoms with Gasteiger partial charge in [0.25, 0.3) is 0 Å². The summed E-state index contributed by atoms with van der Waals surface area (Å²) in [6.45, 7) is 3.37. The highest BCUT2D eigenvalue weighted by molar-refractivity contribution is 7.91. The van der Waals surface area contributed by atoms with Crippen molar-refractivity contribution in [2.45, 2.75) is 18.7 Å². The molecule has 0 fully saturated rings. The Bertz CT molecular complexity index is 1190. The number of sulfone groups is 1. The van der Waals surface area contributed by atoms with Crippen LogP contribution in [-0.2, 0) is 9.84 Å². The first-order valence-electron chi connectivity index (χ1n) is 8.13. The summed E-state index contributed by atoms with van der Waals surface area (Å²) < 4.78 is 35.1. The van der Waals surface area contributed by atoms with Crippen LogP contribution in [0.5, 0.6) is 0 Å². The lowest BCUT2D eigenvalue weighted by atomic mass is 10.0. The van der Waals surface area contributed by atoms with E-state index in [-0.39, 0.29) is 5.75 Å². The van der Waals surface area contributed by atoms with E-state index in [0.717, 1.165) is 27.7 Å². The van der Waals surface area contributed by atoms with E-state index in [1.807, 2.05) is 18.2 Å². The third kappa shape index (κ3) is 2.80. The van der Waals surface area contributed by atoms with Crippen molar-refractivity contribution in [3.05, 3.63) is 54.6 Å². The normalized spacial score (nSPS) is 11.9. The SMILES string of the molecule is CCS(=O)(=O)c1ccc(-c2coc3ccc(-c4nnc(C)o4)cc23)cc1. The van der Waals surface area contributed by atoms with Gasteiger partial charge in [0.05, 0.1) is 16.9 Å². The minimum absolute atomic E-state index is 0.0773. The molecule has 0 radical (unpaired) electrons. The molecule has 7 heteroatoms. The molecule has 0 aliphatic rings. The van der Waals surface area contributed by atoms with E-state index in [0.29, 0.717) is 16.7 Å². The van der Waals surface area contributed by atoms with Crippen molar-refractivity contribution in [3.8, 4) is 22.6 Å². The van der Waals surface area contributed by atoms with Crippen molar-refractivity contribution in [2.24, 2.45) is 0 Å². The van der Waals surface area contributed by atoms with E-state index in [1.54, 1.807) is 44.4 Å². The van der Waals surface area contributed by atoms with Crippen LogP contribution >= 0.6 is 0 Å². The van der Waals surface area contributed by atoms with Crippen LogP contribution in [0, 0.1) is 6.92 Å². The molecule has 4 aromatic rings. The topological polar surface area (TPSA) is 86.2 Å². The van der Waals surface area contributed by atoms with Gasteiger partial charge in [-0.15, -0.1) is 10.2 Å². The number of aryl methyl sites for hydroxylation is 1. The van der Waals surface area contributed by atoms with Gasteiger partial charge in [0.1, 0.15) is 5.58 Å². The Morgan fingerprint density at radius 1 is 1.00 bits per heavy atom. The molecule has 0 spiro atoms. The Labute approximate surface area is 150 Å². The van der Waals surface area contributed by atoms with E-state index < -0.39 is 9.84 Å². The molecule has 0 atom stereocenters. The zero-order chi connectivity index (χ0) is 18.3. The van der Waals surface area contributed by atoms with Crippen LogP contribution in [0.4, 0.5) is 0 Å². The summed E-state index contributed by atoms with van der Waals surface area (Å²) >= 11 is 0. The van der Waals surface area contributed by atoms with E-state index in [1.165, 1.54) is 0 Å². The van der Waals surface area contributed by atoms with E-state index >= 15 is 0 Å². The summed E-state index contributed by atoms with van der Waals surface area (Å²) in [5.74, 6) is 1.02. The fourth-order valence-corrected chi connectivity index (χ4v) is 3.69. The monoisotopic (exact) mass is 368 g/mol. The van der Waals surface area contributed by atoms with Crippen molar-refractivity contribution in [1.29, 1.82) is 0 Å². The standard InChI is InChI=1S/C19H16N2O4S/c1-3-26(22,23)15-7-4-13(5-8-15)17-11-24-18-9-6-14(10-16(17)18)19-21-20-12(2)25-19/h4-11H,3H2,1-2H3. The minimum Gasteiger partial charge on any atom is -0.464 e. The van der Waals surface area contributed by atoms with Crippen LogP contribution in [0.25, 0.3) is 33.6 Å². The van der Waals surface area contributed by atoms with E-state index in [9.17, 15) is 8.42 Å². The molecule has 4 rings (SSSR count). The number of hydrogen-bond donors (Lipinski definition) is 0. The quantitative estimate of drug-likeness (QED) is 0.535. The van der Waals surface area contributed by atoms with Gasteiger partial charge in [-0.2, -0.15) is 0 Å². The molecule has 2 aromatic carbocycles. The van der Waals surface area contributed by atoms with Gasteiger partial charge in [-0.05, 0) is 35.9 Å². The number of benzene rings is 2. The molecular weight excluding hydrogens is 352 g/mol. The third-order valence-corrected chi connectivity index (χ3v) is 6.00. The zero-order valence-corrected chi connectivity index (χ0v) is 15.1. The number of hydrogen-bond acceptors (Lipinski definition) is 6. The van der Waals surface area contributed by atoms with Crippen molar-refractivity contribution in [1.82, 2.24) is 10.2 Å². The summed E-state index contributed by atoms with van der Waals surface area (Å²) in [6, 6.07) is 12.5. The van der Waals surface area contributed by atoms with Gasteiger partial charge in [0.15, 0.2) is 9.84 Å². The Morgan fingerprint density at radius 3 is 2.38 bits per heavy atom. The predicted molar refractivity (Wildman–Crippen MR) is 97.4 cm³/mol. The highest BCUT2D eigenvalue weighted by atomic mass is 32.2. The summed E-state index contributed by atoms with van der Waals surface area (Å²) in [4.78, 5) is 0.318. The van der Waals surface area contributed by atoms with E-state index in [4.69, 9.17) is 8.83 Å². The van der Waals surface area contributed by atoms with Crippen molar-refractivity contribution < 1.29 is 17.3 Å². The number of fused-ring (bicyclic) bond motifs is 1. The first kappa shape index (κ1) is 16.5. The maximum atomic E-state index is 12.0. The lowest BCUT2D eigenvalue weighted by molar-refractivity contribution is 0.533. The molecule has 0 aliphatic carbocycles. The Hall–Kier alpha value is -2.93. The number of furan rings is 1. The number of rotatable bonds is 4. The Morgan fingerprint density at radius 2 is 1.73 bits per heavy atom. The molecule has 132 valence electrons. The average molecular weight is 368 g/mol. The van der Waals surface area contributed by atoms with Crippen LogP contribution in [-0.4, -0.2) is 24.4 Å². The van der Waals surface area contributed by atoms with Crippen molar-refractivity contribution >= 4 is 20.8 Å². The van der Waals surface area contributed by atoms with Gasteiger partial charge < -0.3 is 8.83 Å². The molecule has 0 bridgehead atoms. The highest BCUT2D eigenvalue weighted by Crippen LogP contribution is 2.34. The first-order chi connectivity index (χ1) is 12.5. The average Bonchev–Trinajstić information content (AvgIpc) is 3.27. The summed E-state index contributed by atoms with van der Waals surface area (Å²) in [5, 5.41) is 8.79. The molecule has 26 heavy (non-hydrogen) atoms. The molecule has 0 saturated heterocycles. The maximum Gasteiger partial charge on any atom is 0.247 e. The summed E-state index contributed by atoms with van der Waals surface area (Å²) in [7, 11) is -3.22. The van der Waals surface area contributed by atoms with Crippen molar-refractivity contribution in [3.63, 3.8) is 0 Å². The van der Waals surface area contributed by atoms with Crippen LogP contribution in [0.2, 0.25) is 0 Å². The van der Waals surface area contributed by atoms with E-state index in [2.05, 4.69) is 10.2 Å². The lowest BCUT2D eigenvalue weighted by Crippen LogP contribution is -2.02. The van der Waals surface area contributed by atoms with Crippen molar-refractivity contribution in [2.75, 3.05) is 5.75 Å². The second-order valence-electron chi connectivity index (χ2n) is 5.91. The van der Waals surface area contributed by atoms with Crippen LogP contribution in [0.15, 0.2) is 62.5 Å². The smallest absolute Gasteiger partial charge is 0.247 e. The van der Waals surface area contributed by atoms with Gasteiger partial charge in [-0.3, -0.25) is 0 Å². The fraction of sp³-hybridized carbons (Fsp3) is 0.158. The van der Waals surface area contributed by atoms with Gasteiger partial charge in [0, 0.05) is 23.4 Å². The molecule has 0 unspecified atom stereocenters. The highest BCUT2D eigenvalue weighted by Gasteiger charge is 2.15. The fourth-order valence-electron chi connectivity index (χ4n) is 2.81. The van der Waals surface area contributed by atoms with Crippen LogP contribution in [0.3, 0.4) is 0 Å². The van der Waals surface area contributed by atoms with Gasteiger partial charge >= 0.3 is 0 Å². The molecule has 2 heterocycles. The maximum absolute atomic E-state index is 12.0. The summed E-state index contributed by atoms with van der Waals surface area (Å²) in [6.07, 6.45) is 1.66. The molecule has 0 N–H and O–H groups in total. The molecule has 0 amide bonds. The molecule has 0 aliphatic heterocycles. The molecular formula is C19H16N2O4S. The predicted octanol–water partition coefficient (Wildman–Crippen LogP) is 4.25. The van der Waals surface area contributed by atoms with Gasteiger partial charge in [-0.25, -0.2) is 8.42 Å². The van der Waals surface area contributed by atoms with Crippen LogP contribution in [0.1, 0.15) is 12.8 Å². The van der Waals surface area contributed by atoms with Gasteiger partial charge in [0.2, 0.25) is 11.8 Å². The van der Waals surface area contributed by atoms with Gasteiger partial charge in [-0.1, -0.05) is 19.1 Å². The molecule has 2 aromatic heterocycles. The lowest BCUT2D eigenvalue weighted by Gasteiger charge is -2.04. The Kier molecular flexibility index (Phi) is 3.88. The second-order valence-corrected chi connectivity index (χ2v) is 8.19. The molecule has 0 saturated carbocycles. The first-order valence-corrected chi connectivity index (χ1v) is 9.78. The second kappa shape index (κ2) is 6.10. The number of aromatic nitrogens is 2. The number of nitrogens with zero attached hydrogens (tertiary/aromatic N) is 2. The third-order valence-electron chi connectivity index (χ3n) is 4.25. The Balaban J connectivity index is 1.79. The largest absolute Gasteiger partial charge is 0.464 e. The minimum atomic E-state index is -3.22. The zero-order valence-electron chi connectivity index (χ0n) is 14.3.